The van der Waals surface area contributed by atoms with E-state index in [-0.39, 0.29) is 12.6 Å². The molecule has 0 aromatic carbocycles. The highest BCUT2D eigenvalue weighted by molar-refractivity contribution is 7.79. The molecule has 0 aromatic heterocycles. The van der Waals surface area contributed by atoms with Crippen molar-refractivity contribution in [2.24, 2.45) is 0 Å². The molecular formula is C6H15NO3S. The van der Waals surface area contributed by atoms with Gasteiger partial charge in [-0.1, -0.05) is 0 Å². The molecule has 0 heterocycles. The van der Waals surface area contributed by atoms with Gasteiger partial charge in [-0.25, -0.2) is 4.21 Å². The fraction of sp³-hybridized carbons (Fsp3) is 1.00. The van der Waals surface area contributed by atoms with Crippen molar-refractivity contribution in [2.45, 2.75) is 19.4 Å². The Kier molecular flexibility index (Phi) is 6.74. The molecule has 11 heavy (non-hydrogen) atoms. The zero-order valence-electron chi connectivity index (χ0n) is 6.62. The summed E-state index contributed by atoms with van der Waals surface area (Å²) in [6.45, 7) is 2.63. The number of aliphatic hydroxyl groups excluding tert-OH is 1. The minimum absolute atomic E-state index is 0.0714. The molecule has 0 fully saturated rings. The van der Waals surface area contributed by atoms with Crippen molar-refractivity contribution in [3.05, 3.63) is 0 Å². The first-order valence-corrected chi connectivity index (χ1v) is 4.86. The summed E-state index contributed by atoms with van der Waals surface area (Å²) in [5.41, 5.74) is 0. The Labute approximate surface area is 69.3 Å². The Morgan fingerprint density at radius 1 is 1.64 bits per heavy atom. The SMILES string of the molecule is CC(CO)NCCCS(=O)O. The molecule has 2 atom stereocenters. The van der Waals surface area contributed by atoms with Gasteiger partial charge in [0.2, 0.25) is 0 Å². The van der Waals surface area contributed by atoms with E-state index in [1.165, 1.54) is 0 Å². The summed E-state index contributed by atoms with van der Waals surface area (Å²) in [6.07, 6.45) is 0.660. The van der Waals surface area contributed by atoms with Gasteiger partial charge < -0.3 is 15.0 Å². The van der Waals surface area contributed by atoms with Crippen molar-refractivity contribution < 1.29 is 13.9 Å². The van der Waals surface area contributed by atoms with E-state index >= 15 is 0 Å². The first-order chi connectivity index (χ1) is 5.16. The number of hydrogen-bond acceptors (Lipinski definition) is 3. The van der Waals surface area contributed by atoms with Crippen molar-refractivity contribution >= 4 is 11.1 Å². The Balaban J connectivity index is 3.08. The average Bonchev–Trinajstić information content (AvgIpc) is 1.97. The van der Waals surface area contributed by atoms with Crippen molar-refractivity contribution in [3.63, 3.8) is 0 Å². The smallest absolute Gasteiger partial charge is 0.152 e. The van der Waals surface area contributed by atoms with Crippen molar-refractivity contribution in [3.8, 4) is 0 Å². The number of aliphatic hydroxyl groups is 1. The van der Waals surface area contributed by atoms with Crippen molar-refractivity contribution in [2.75, 3.05) is 18.9 Å². The molecule has 0 saturated heterocycles. The van der Waals surface area contributed by atoms with Crippen LogP contribution >= 0.6 is 0 Å². The molecular weight excluding hydrogens is 166 g/mol. The highest BCUT2D eigenvalue weighted by Crippen LogP contribution is 1.83. The topological polar surface area (TPSA) is 69.6 Å². The number of nitrogens with one attached hydrogen (secondary N) is 1. The second-order valence-corrected chi connectivity index (χ2v) is 3.47. The summed E-state index contributed by atoms with van der Waals surface area (Å²) in [6, 6.07) is 0.0714. The standard InChI is InChI=1S/C6H15NO3S/c1-6(5-8)7-3-2-4-11(9)10/h6-8H,2-5H2,1H3,(H,9,10). The first-order valence-electron chi connectivity index (χ1n) is 3.58. The van der Waals surface area contributed by atoms with Crippen LogP contribution in [0, 0.1) is 0 Å². The van der Waals surface area contributed by atoms with Crippen LogP contribution in [0.2, 0.25) is 0 Å². The molecule has 0 bridgehead atoms. The zero-order chi connectivity index (χ0) is 8.69. The molecule has 0 amide bonds. The summed E-state index contributed by atoms with van der Waals surface area (Å²) in [5, 5.41) is 11.6. The van der Waals surface area contributed by atoms with Crippen LogP contribution < -0.4 is 5.32 Å². The van der Waals surface area contributed by atoms with E-state index in [1.807, 2.05) is 6.92 Å². The molecule has 0 rings (SSSR count). The lowest BCUT2D eigenvalue weighted by Gasteiger charge is -2.08. The van der Waals surface area contributed by atoms with Crippen LogP contribution in [0.3, 0.4) is 0 Å². The Bertz CT molecular complexity index is 120. The maximum absolute atomic E-state index is 10.1. The van der Waals surface area contributed by atoms with Gasteiger partial charge in [0.25, 0.3) is 0 Å². The van der Waals surface area contributed by atoms with Gasteiger partial charge in [0.05, 0.1) is 12.4 Å². The summed E-state index contributed by atoms with van der Waals surface area (Å²) in [7, 11) is 0. The van der Waals surface area contributed by atoms with Gasteiger partial charge in [0.1, 0.15) is 0 Å². The van der Waals surface area contributed by atoms with Gasteiger partial charge in [0.15, 0.2) is 11.1 Å². The predicted octanol–water partition coefficient (Wildman–Crippen LogP) is -0.431. The summed E-state index contributed by atoms with van der Waals surface area (Å²) < 4.78 is 18.5. The minimum atomic E-state index is -1.68. The van der Waals surface area contributed by atoms with Gasteiger partial charge in [-0.05, 0) is 19.9 Å². The summed E-state index contributed by atoms with van der Waals surface area (Å²) in [4.78, 5) is 0. The van der Waals surface area contributed by atoms with Gasteiger partial charge in [-0.2, -0.15) is 0 Å². The van der Waals surface area contributed by atoms with Crippen LogP contribution in [-0.4, -0.2) is 38.8 Å². The zero-order valence-corrected chi connectivity index (χ0v) is 7.43. The first kappa shape index (κ1) is 11.0. The molecule has 0 radical (unpaired) electrons. The summed E-state index contributed by atoms with van der Waals surface area (Å²) in [5.74, 6) is 0.297. The lowest BCUT2D eigenvalue weighted by atomic mass is 10.3. The molecule has 0 saturated carbocycles. The van der Waals surface area contributed by atoms with Crippen LogP contribution in [0.15, 0.2) is 0 Å². The number of rotatable bonds is 6. The predicted molar refractivity (Wildman–Crippen MR) is 44.8 cm³/mol. The normalized spacial score (nSPS) is 16.3. The van der Waals surface area contributed by atoms with Crippen molar-refractivity contribution in [1.29, 1.82) is 0 Å². The maximum atomic E-state index is 10.1. The van der Waals surface area contributed by atoms with E-state index in [9.17, 15) is 4.21 Å². The van der Waals surface area contributed by atoms with Crippen LogP contribution in [0.5, 0.6) is 0 Å². The third-order valence-electron chi connectivity index (χ3n) is 1.26. The van der Waals surface area contributed by atoms with E-state index < -0.39 is 11.1 Å². The molecule has 0 aliphatic heterocycles. The molecule has 0 aliphatic rings. The number of hydrogen-bond donors (Lipinski definition) is 3. The molecule has 5 heteroatoms. The monoisotopic (exact) mass is 181 g/mol. The second-order valence-electron chi connectivity index (χ2n) is 2.42. The maximum Gasteiger partial charge on any atom is 0.152 e. The highest BCUT2D eigenvalue weighted by atomic mass is 32.2. The van der Waals surface area contributed by atoms with E-state index in [2.05, 4.69) is 5.32 Å². The third kappa shape index (κ3) is 7.93. The van der Waals surface area contributed by atoms with Crippen LogP contribution in [0.1, 0.15) is 13.3 Å². The molecule has 0 spiro atoms. The van der Waals surface area contributed by atoms with E-state index in [4.69, 9.17) is 9.66 Å². The van der Waals surface area contributed by atoms with Crippen LogP contribution in [-0.2, 0) is 11.1 Å². The van der Waals surface area contributed by atoms with Gasteiger partial charge in [-0.15, -0.1) is 0 Å². The fourth-order valence-corrected chi connectivity index (χ4v) is 1.000. The Hall–Kier alpha value is 0.0300. The Morgan fingerprint density at radius 3 is 2.73 bits per heavy atom. The molecule has 0 aliphatic carbocycles. The lowest BCUT2D eigenvalue weighted by molar-refractivity contribution is 0.252. The van der Waals surface area contributed by atoms with Crippen LogP contribution in [0.4, 0.5) is 0 Å². The van der Waals surface area contributed by atoms with Gasteiger partial charge in [-0.3, -0.25) is 0 Å². The van der Waals surface area contributed by atoms with E-state index in [0.717, 1.165) is 0 Å². The second kappa shape index (κ2) is 6.72. The summed E-state index contributed by atoms with van der Waals surface area (Å²) >= 11 is -1.68. The lowest BCUT2D eigenvalue weighted by Crippen LogP contribution is -2.30. The van der Waals surface area contributed by atoms with E-state index in [1.54, 1.807) is 0 Å². The molecule has 0 aromatic rings. The molecule has 3 N–H and O–H groups in total. The third-order valence-corrected chi connectivity index (χ3v) is 1.90. The molecule has 4 nitrogen and oxygen atoms in total. The van der Waals surface area contributed by atoms with Crippen LogP contribution in [0.25, 0.3) is 0 Å². The fourth-order valence-electron chi connectivity index (χ4n) is 0.609. The largest absolute Gasteiger partial charge is 0.395 e. The quantitative estimate of drug-likeness (QED) is 0.384. The molecule has 2 unspecified atom stereocenters. The van der Waals surface area contributed by atoms with E-state index in [0.29, 0.717) is 18.7 Å². The Morgan fingerprint density at radius 2 is 2.27 bits per heavy atom. The minimum Gasteiger partial charge on any atom is -0.395 e. The van der Waals surface area contributed by atoms with Gasteiger partial charge >= 0.3 is 0 Å². The highest BCUT2D eigenvalue weighted by Gasteiger charge is 1.98. The average molecular weight is 181 g/mol. The van der Waals surface area contributed by atoms with Gasteiger partial charge in [0, 0.05) is 6.04 Å². The van der Waals surface area contributed by atoms with Crippen molar-refractivity contribution in [1.82, 2.24) is 5.32 Å². The molecule has 68 valence electrons.